The zero-order valence-corrected chi connectivity index (χ0v) is 12.6. The van der Waals surface area contributed by atoms with E-state index in [1.807, 2.05) is 5.38 Å². The second-order valence-electron chi connectivity index (χ2n) is 6.13. The first-order valence-corrected chi connectivity index (χ1v) is 7.71. The molecule has 1 aromatic heterocycles. The van der Waals surface area contributed by atoms with Gasteiger partial charge in [0.15, 0.2) is 5.13 Å². The van der Waals surface area contributed by atoms with Crippen molar-refractivity contribution in [2.45, 2.75) is 45.4 Å². The molecule has 2 unspecified atom stereocenters. The fourth-order valence-electron chi connectivity index (χ4n) is 2.49. The van der Waals surface area contributed by atoms with Crippen molar-refractivity contribution in [1.29, 1.82) is 0 Å². The summed E-state index contributed by atoms with van der Waals surface area (Å²) in [6, 6.07) is 0. The molecule has 0 radical (unpaired) electrons. The highest BCUT2D eigenvalue weighted by molar-refractivity contribution is 7.13. The Labute approximate surface area is 118 Å². The third-order valence-corrected chi connectivity index (χ3v) is 4.82. The van der Waals surface area contributed by atoms with Crippen LogP contribution in [0.4, 0.5) is 5.13 Å². The van der Waals surface area contributed by atoms with Gasteiger partial charge in [-0.1, -0.05) is 13.3 Å². The molecular weight excluding hydrogens is 260 g/mol. The van der Waals surface area contributed by atoms with Gasteiger partial charge in [-0.25, -0.2) is 4.98 Å². The quantitative estimate of drug-likeness (QED) is 0.869. The van der Waals surface area contributed by atoms with E-state index >= 15 is 0 Å². The fourth-order valence-corrected chi connectivity index (χ4v) is 3.38. The highest BCUT2D eigenvalue weighted by Crippen LogP contribution is 2.31. The fraction of sp³-hybridized carbons (Fsp3) is 0.714. The predicted octanol–water partition coefficient (Wildman–Crippen LogP) is 3.35. The van der Waals surface area contributed by atoms with E-state index in [0.717, 1.165) is 23.5 Å². The molecule has 0 aromatic carbocycles. The van der Waals surface area contributed by atoms with E-state index in [-0.39, 0.29) is 0 Å². The Morgan fingerprint density at radius 1 is 1.58 bits per heavy atom. The number of aliphatic carboxylic acids is 1. The van der Waals surface area contributed by atoms with E-state index in [9.17, 15) is 9.90 Å². The number of nitrogens with one attached hydrogen (secondary N) is 1. The minimum Gasteiger partial charge on any atom is -0.481 e. The average molecular weight is 282 g/mol. The van der Waals surface area contributed by atoms with Crippen molar-refractivity contribution >= 4 is 22.4 Å². The Hall–Kier alpha value is -1.10. The topological polar surface area (TPSA) is 62.2 Å². The lowest BCUT2D eigenvalue weighted by atomic mass is 9.90. The van der Waals surface area contributed by atoms with Crippen molar-refractivity contribution in [2.75, 3.05) is 11.9 Å². The maximum atomic E-state index is 11.2. The molecular formula is C14H22N2O2S. The van der Waals surface area contributed by atoms with Crippen LogP contribution in [0.25, 0.3) is 0 Å². The molecule has 0 spiro atoms. The van der Waals surface area contributed by atoms with Crippen LogP contribution < -0.4 is 5.32 Å². The zero-order valence-electron chi connectivity index (χ0n) is 11.8. The van der Waals surface area contributed by atoms with Gasteiger partial charge in [0.25, 0.3) is 0 Å². The van der Waals surface area contributed by atoms with E-state index in [4.69, 9.17) is 0 Å². The van der Waals surface area contributed by atoms with Crippen molar-refractivity contribution in [2.24, 2.45) is 11.8 Å². The summed E-state index contributed by atoms with van der Waals surface area (Å²) in [4.78, 5) is 15.6. The Balaban J connectivity index is 1.92. The van der Waals surface area contributed by atoms with Crippen molar-refractivity contribution in [3.8, 4) is 0 Å². The highest BCUT2D eigenvalue weighted by atomic mass is 32.1. The summed E-state index contributed by atoms with van der Waals surface area (Å²) in [5.41, 5.74) is -0.287. The molecule has 1 fully saturated rings. The summed E-state index contributed by atoms with van der Waals surface area (Å²) in [5.74, 6) is 0.730. The Morgan fingerprint density at radius 2 is 2.32 bits per heavy atom. The summed E-state index contributed by atoms with van der Waals surface area (Å²) in [6.45, 7) is 6.63. The molecule has 0 saturated heterocycles. The van der Waals surface area contributed by atoms with E-state index in [0.29, 0.717) is 5.69 Å². The van der Waals surface area contributed by atoms with Crippen LogP contribution in [-0.4, -0.2) is 22.6 Å². The van der Waals surface area contributed by atoms with E-state index < -0.39 is 11.4 Å². The van der Waals surface area contributed by atoms with E-state index in [1.54, 1.807) is 13.8 Å². The number of carbonyl (C=O) groups is 1. The highest BCUT2D eigenvalue weighted by Gasteiger charge is 2.32. The van der Waals surface area contributed by atoms with Crippen LogP contribution in [0.2, 0.25) is 0 Å². The monoisotopic (exact) mass is 282 g/mol. The summed E-state index contributed by atoms with van der Waals surface area (Å²) < 4.78 is 0. The van der Waals surface area contributed by atoms with E-state index in [2.05, 4.69) is 17.2 Å². The first kappa shape index (κ1) is 14.3. The Bertz CT molecular complexity index is 456. The van der Waals surface area contributed by atoms with Gasteiger partial charge in [0, 0.05) is 11.9 Å². The van der Waals surface area contributed by atoms with E-state index in [1.165, 1.54) is 30.6 Å². The first-order chi connectivity index (χ1) is 8.89. The Morgan fingerprint density at radius 3 is 2.89 bits per heavy atom. The molecule has 2 rings (SSSR count). The van der Waals surface area contributed by atoms with Gasteiger partial charge in [0.05, 0.1) is 5.69 Å². The molecule has 4 nitrogen and oxygen atoms in total. The third-order valence-electron chi connectivity index (χ3n) is 4.02. The number of hydrogen-bond donors (Lipinski definition) is 2. The molecule has 5 heteroatoms. The molecule has 1 heterocycles. The largest absolute Gasteiger partial charge is 0.481 e. The molecule has 19 heavy (non-hydrogen) atoms. The van der Waals surface area contributed by atoms with Crippen LogP contribution in [0.5, 0.6) is 0 Å². The molecule has 2 atom stereocenters. The molecule has 0 aliphatic heterocycles. The summed E-state index contributed by atoms with van der Waals surface area (Å²) >= 11 is 1.49. The minimum atomic E-state index is -0.918. The van der Waals surface area contributed by atoms with Gasteiger partial charge in [0.2, 0.25) is 0 Å². The van der Waals surface area contributed by atoms with Crippen molar-refractivity contribution < 1.29 is 9.90 Å². The lowest BCUT2D eigenvalue weighted by Crippen LogP contribution is -2.28. The van der Waals surface area contributed by atoms with Gasteiger partial charge in [-0.3, -0.25) is 4.79 Å². The van der Waals surface area contributed by atoms with Crippen LogP contribution in [0, 0.1) is 11.8 Å². The minimum absolute atomic E-state index is 0.632. The number of aromatic nitrogens is 1. The molecule has 1 aliphatic rings. The van der Waals surface area contributed by atoms with Crippen LogP contribution in [0.3, 0.4) is 0 Å². The van der Waals surface area contributed by atoms with Gasteiger partial charge in [-0.15, -0.1) is 11.3 Å². The molecule has 0 bridgehead atoms. The number of nitrogens with zero attached hydrogens (tertiary/aromatic N) is 1. The second-order valence-corrected chi connectivity index (χ2v) is 6.99. The van der Waals surface area contributed by atoms with Gasteiger partial charge in [0.1, 0.15) is 5.41 Å². The maximum Gasteiger partial charge on any atom is 0.315 e. The standard InChI is InChI=1S/C14H22N2O2S/c1-9-4-5-10(6-9)7-15-13-16-11(8-19-13)14(2,3)12(17)18/h8-10H,4-7H2,1-3H3,(H,15,16)(H,17,18). The molecule has 1 aromatic rings. The predicted molar refractivity (Wildman–Crippen MR) is 77.8 cm³/mol. The molecule has 106 valence electrons. The van der Waals surface area contributed by atoms with Crippen LogP contribution >= 0.6 is 11.3 Å². The number of carboxylic acid groups (broad SMARTS) is 1. The molecule has 2 N–H and O–H groups in total. The van der Waals surface area contributed by atoms with Gasteiger partial charge in [-0.2, -0.15) is 0 Å². The SMILES string of the molecule is CC1CCC(CNc2nc(C(C)(C)C(=O)O)cs2)C1. The van der Waals surface area contributed by atoms with Gasteiger partial charge >= 0.3 is 5.97 Å². The maximum absolute atomic E-state index is 11.2. The lowest BCUT2D eigenvalue weighted by Gasteiger charge is -2.15. The van der Waals surface area contributed by atoms with Crippen LogP contribution in [0.1, 0.15) is 45.7 Å². The number of rotatable bonds is 5. The Kier molecular flexibility index (Phi) is 4.13. The van der Waals surface area contributed by atoms with Crippen molar-refractivity contribution in [3.63, 3.8) is 0 Å². The zero-order chi connectivity index (χ0) is 14.0. The van der Waals surface area contributed by atoms with Crippen LogP contribution in [0.15, 0.2) is 5.38 Å². The molecule has 0 amide bonds. The number of carboxylic acids is 1. The molecule has 1 saturated carbocycles. The normalized spacial score (nSPS) is 23.5. The number of thiazole rings is 1. The smallest absolute Gasteiger partial charge is 0.315 e. The summed E-state index contributed by atoms with van der Waals surface area (Å²) in [6.07, 6.45) is 3.89. The number of anilines is 1. The van der Waals surface area contributed by atoms with Gasteiger partial charge in [-0.05, 0) is 38.5 Å². The van der Waals surface area contributed by atoms with Gasteiger partial charge < -0.3 is 10.4 Å². The summed E-state index contributed by atoms with van der Waals surface area (Å²) in [5, 5.41) is 15.2. The third kappa shape index (κ3) is 3.26. The lowest BCUT2D eigenvalue weighted by molar-refractivity contribution is -0.142. The van der Waals surface area contributed by atoms with Crippen molar-refractivity contribution in [1.82, 2.24) is 4.98 Å². The second kappa shape index (κ2) is 5.49. The summed E-state index contributed by atoms with van der Waals surface area (Å²) in [7, 11) is 0. The first-order valence-electron chi connectivity index (χ1n) is 6.83. The average Bonchev–Trinajstić information content (AvgIpc) is 2.95. The van der Waals surface area contributed by atoms with Crippen molar-refractivity contribution in [3.05, 3.63) is 11.1 Å². The molecule has 1 aliphatic carbocycles. The number of hydrogen-bond acceptors (Lipinski definition) is 4. The van der Waals surface area contributed by atoms with Crippen LogP contribution in [-0.2, 0) is 10.2 Å².